The van der Waals surface area contributed by atoms with Gasteiger partial charge in [-0.3, -0.25) is 14.9 Å². The zero-order chi connectivity index (χ0) is 17.4. The second-order valence-electron chi connectivity index (χ2n) is 5.10. The molecular formula is C18H18N2O4. The maximum Gasteiger partial charge on any atom is 0.269 e. The maximum absolute atomic E-state index is 12.0. The molecule has 0 N–H and O–H groups in total. The zero-order valence-electron chi connectivity index (χ0n) is 13.3. The number of amides is 1. The van der Waals surface area contributed by atoms with Gasteiger partial charge in [-0.1, -0.05) is 18.2 Å². The van der Waals surface area contributed by atoms with E-state index < -0.39 is 4.92 Å². The van der Waals surface area contributed by atoms with E-state index in [1.54, 1.807) is 30.2 Å². The van der Waals surface area contributed by atoms with Crippen LogP contribution >= 0.6 is 0 Å². The van der Waals surface area contributed by atoms with Crippen molar-refractivity contribution in [3.63, 3.8) is 0 Å². The monoisotopic (exact) mass is 326 g/mol. The van der Waals surface area contributed by atoms with Gasteiger partial charge in [-0.15, -0.1) is 0 Å². The van der Waals surface area contributed by atoms with Crippen LogP contribution in [0, 0.1) is 10.1 Å². The van der Waals surface area contributed by atoms with Crippen LogP contribution in [-0.4, -0.2) is 35.9 Å². The molecule has 1 amide bonds. The van der Waals surface area contributed by atoms with Crippen molar-refractivity contribution < 1.29 is 14.5 Å². The molecule has 0 atom stereocenters. The number of benzene rings is 2. The van der Waals surface area contributed by atoms with Gasteiger partial charge in [0.05, 0.1) is 11.5 Å². The molecule has 0 aromatic heterocycles. The molecule has 0 bridgehead atoms. The molecule has 0 fully saturated rings. The van der Waals surface area contributed by atoms with Crippen molar-refractivity contribution in [2.75, 3.05) is 20.2 Å². The summed E-state index contributed by atoms with van der Waals surface area (Å²) < 4.78 is 5.54. The average Bonchev–Trinajstić information content (AvgIpc) is 2.60. The van der Waals surface area contributed by atoms with Crippen LogP contribution in [0.5, 0.6) is 5.75 Å². The molecule has 2 aromatic rings. The Bertz CT molecular complexity index is 712. The smallest absolute Gasteiger partial charge is 0.269 e. The van der Waals surface area contributed by atoms with Crippen molar-refractivity contribution in [3.05, 3.63) is 76.4 Å². The number of likely N-dealkylation sites (N-methyl/N-ethyl adjacent to an activating group) is 1. The summed E-state index contributed by atoms with van der Waals surface area (Å²) >= 11 is 0. The highest BCUT2D eigenvalue weighted by atomic mass is 16.6. The standard InChI is InChI=1S/C18H18N2O4/c1-19(13-14-24-17-5-3-2-4-6-17)18(21)12-9-15-7-10-16(11-8-15)20(22)23/h2-12H,13-14H2,1H3/b12-9+. The Morgan fingerprint density at radius 3 is 2.46 bits per heavy atom. The Morgan fingerprint density at radius 1 is 1.17 bits per heavy atom. The van der Waals surface area contributed by atoms with Gasteiger partial charge in [0.15, 0.2) is 0 Å². The first-order chi connectivity index (χ1) is 11.6. The molecule has 0 aliphatic heterocycles. The van der Waals surface area contributed by atoms with E-state index >= 15 is 0 Å². The third-order valence-corrected chi connectivity index (χ3v) is 3.34. The summed E-state index contributed by atoms with van der Waals surface area (Å²) in [5, 5.41) is 10.6. The molecule has 2 rings (SSSR count). The molecule has 0 heterocycles. The lowest BCUT2D eigenvalue weighted by molar-refractivity contribution is -0.384. The van der Waals surface area contributed by atoms with Crippen LogP contribution in [0.4, 0.5) is 5.69 Å². The number of non-ortho nitro benzene ring substituents is 1. The highest BCUT2D eigenvalue weighted by Gasteiger charge is 2.06. The number of nitro benzene ring substituents is 1. The van der Waals surface area contributed by atoms with Gasteiger partial charge in [0.1, 0.15) is 12.4 Å². The Balaban J connectivity index is 1.81. The van der Waals surface area contributed by atoms with E-state index in [9.17, 15) is 14.9 Å². The van der Waals surface area contributed by atoms with Gasteiger partial charge < -0.3 is 9.64 Å². The minimum atomic E-state index is -0.459. The minimum absolute atomic E-state index is 0.0219. The molecular weight excluding hydrogens is 308 g/mol. The first kappa shape index (κ1) is 17.2. The van der Waals surface area contributed by atoms with E-state index in [4.69, 9.17) is 4.74 Å². The van der Waals surface area contributed by atoms with Crippen molar-refractivity contribution in [1.29, 1.82) is 0 Å². The number of para-hydroxylation sites is 1. The average molecular weight is 326 g/mol. The quantitative estimate of drug-likeness (QED) is 0.445. The van der Waals surface area contributed by atoms with Crippen molar-refractivity contribution in [3.8, 4) is 5.75 Å². The van der Waals surface area contributed by atoms with Crippen LogP contribution in [-0.2, 0) is 4.79 Å². The zero-order valence-corrected chi connectivity index (χ0v) is 13.3. The van der Waals surface area contributed by atoms with Crippen LogP contribution in [0.25, 0.3) is 6.08 Å². The number of rotatable bonds is 7. The lowest BCUT2D eigenvalue weighted by atomic mass is 10.2. The Labute approximate surface area is 140 Å². The summed E-state index contributed by atoms with van der Waals surface area (Å²) in [5.41, 5.74) is 0.747. The van der Waals surface area contributed by atoms with Gasteiger partial charge >= 0.3 is 0 Å². The van der Waals surface area contributed by atoms with Crippen molar-refractivity contribution >= 4 is 17.7 Å². The van der Waals surface area contributed by atoms with Crippen LogP contribution < -0.4 is 4.74 Å². The molecule has 0 unspecified atom stereocenters. The van der Waals surface area contributed by atoms with Gasteiger partial charge in [-0.25, -0.2) is 0 Å². The number of hydrogen-bond acceptors (Lipinski definition) is 4. The molecule has 24 heavy (non-hydrogen) atoms. The molecule has 0 aliphatic carbocycles. The van der Waals surface area contributed by atoms with E-state index in [1.807, 2.05) is 30.3 Å². The number of hydrogen-bond donors (Lipinski definition) is 0. The number of nitrogens with zero attached hydrogens (tertiary/aromatic N) is 2. The van der Waals surface area contributed by atoms with E-state index in [0.29, 0.717) is 13.2 Å². The predicted molar refractivity (Wildman–Crippen MR) is 91.7 cm³/mol. The summed E-state index contributed by atoms with van der Waals surface area (Å²) in [7, 11) is 1.69. The van der Waals surface area contributed by atoms with Crippen molar-refractivity contribution in [2.24, 2.45) is 0 Å². The van der Waals surface area contributed by atoms with Gasteiger partial charge in [0.2, 0.25) is 5.91 Å². The fraction of sp³-hybridized carbons (Fsp3) is 0.167. The summed E-state index contributed by atoms with van der Waals surface area (Å²) in [6.45, 7) is 0.857. The SMILES string of the molecule is CN(CCOc1ccccc1)C(=O)/C=C/c1ccc([N+](=O)[O-])cc1. The number of carbonyl (C=O) groups excluding carboxylic acids is 1. The summed E-state index contributed by atoms with van der Waals surface area (Å²) in [6.07, 6.45) is 3.06. The lowest BCUT2D eigenvalue weighted by Crippen LogP contribution is -2.29. The summed E-state index contributed by atoms with van der Waals surface area (Å²) in [4.78, 5) is 23.7. The summed E-state index contributed by atoms with van der Waals surface area (Å²) in [5.74, 6) is 0.602. The van der Waals surface area contributed by atoms with Crippen molar-refractivity contribution in [1.82, 2.24) is 4.90 Å². The second kappa shape index (κ2) is 8.47. The molecule has 124 valence electrons. The first-order valence-corrected chi connectivity index (χ1v) is 7.42. The Hall–Kier alpha value is -3.15. The molecule has 6 nitrogen and oxygen atoms in total. The second-order valence-corrected chi connectivity index (χ2v) is 5.10. The molecule has 6 heteroatoms. The van der Waals surface area contributed by atoms with Crippen LogP contribution in [0.1, 0.15) is 5.56 Å². The highest BCUT2D eigenvalue weighted by Crippen LogP contribution is 2.13. The van der Waals surface area contributed by atoms with Gasteiger partial charge in [-0.2, -0.15) is 0 Å². The number of nitro groups is 1. The van der Waals surface area contributed by atoms with Crippen LogP contribution in [0.2, 0.25) is 0 Å². The molecule has 2 aromatic carbocycles. The molecule has 0 aliphatic rings. The normalized spacial score (nSPS) is 10.5. The molecule has 0 spiro atoms. The number of ether oxygens (including phenoxy) is 1. The van der Waals surface area contributed by atoms with Gasteiger partial charge in [-0.05, 0) is 35.9 Å². The predicted octanol–water partition coefficient (Wildman–Crippen LogP) is 3.15. The van der Waals surface area contributed by atoms with Crippen molar-refractivity contribution in [2.45, 2.75) is 0 Å². The molecule has 0 saturated heterocycles. The summed E-state index contributed by atoms with van der Waals surface area (Å²) in [6, 6.07) is 15.4. The third kappa shape index (κ3) is 5.24. The maximum atomic E-state index is 12.0. The molecule has 0 saturated carbocycles. The fourth-order valence-corrected chi connectivity index (χ4v) is 1.93. The minimum Gasteiger partial charge on any atom is -0.492 e. The van der Waals surface area contributed by atoms with E-state index in [2.05, 4.69) is 0 Å². The fourth-order valence-electron chi connectivity index (χ4n) is 1.93. The molecule has 0 radical (unpaired) electrons. The van der Waals surface area contributed by atoms with Crippen LogP contribution in [0.15, 0.2) is 60.7 Å². The first-order valence-electron chi connectivity index (χ1n) is 7.42. The van der Waals surface area contributed by atoms with E-state index in [1.165, 1.54) is 18.2 Å². The van der Waals surface area contributed by atoms with Gasteiger partial charge in [0.25, 0.3) is 5.69 Å². The Morgan fingerprint density at radius 2 is 1.83 bits per heavy atom. The lowest BCUT2D eigenvalue weighted by Gasteiger charge is -2.15. The van der Waals surface area contributed by atoms with E-state index in [0.717, 1.165) is 11.3 Å². The Kier molecular flexibility index (Phi) is 6.08. The van der Waals surface area contributed by atoms with E-state index in [-0.39, 0.29) is 11.6 Å². The topological polar surface area (TPSA) is 72.7 Å². The highest BCUT2D eigenvalue weighted by molar-refractivity contribution is 5.91. The largest absolute Gasteiger partial charge is 0.492 e. The third-order valence-electron chi connectivity index (χ3n) is 3.34. The number of carbonyl (C=O) groups is 1. The van der Waals surface area contributed by atoms with Gasteiger partial charge in [0, 0.05) is 25.3 Å². The van der Waals surface area contributed by atoms with Crippen LogP contribution in [0.3, 0.4) is 0 Å².